The van der Waals surface area contributed by atoms with Crippen LogP contribution in [0.1, 0.15) is 20.8 Å². The van der Waals surface area contributed by atoms with E-state index in [0.717, 1.165) is 65.1 Å². The minimum Gasteiger partial charge on any atom is -0.380 e. The average Bonchev–Trinajstić information content (AvgIpc) is 2.48. The number of guanidine groups is 1. The third-order valence-corrected chi connectivity index (χ3v) is 4.10. The first-order valence-electron chi connectivity index (χ1n) is 8.05. The lowest BCUT2D eigenvalue weighted by Gasteiger charge is -2.36. The summed E-state index contributed by atoms with van der Waals surface area (Å²) in [6.07, 6.45) is 0. The minimum absolute atomic E-state index is 0. The molecule has 1 unspecified atom stereocenters. The Kier molecular flexibility index (Phi) is 8.96. The smallest absolute Gasteiger partial charge is 0.191 e. The number of nitrogens with one attached hydrogen (secondary N) is 2. The van der Waals surface area contributed by atoms with Gasteiger partial charge in [0.25, 0.3) is 0 Å². The van der Waals surface area contributed by atoms with Crippen molar-refractivity contribution in [3.05, 3.63) is 0 Å². The molecule has 0 bridgehead atoms. The van der Waals surface area contributed by atoms with E-state index in [0.29, 0.717) is 6.04 Å². The maximum atomic E-state index is 5.40. The van der Waals surface area contributed by atoms with Gasteiger partial charge in [0.05, 0.1) is 33.0 Å². The fourth-order valence-electron chi connectivity index (χ4n) is 2.55. The molecule has 0 amide bonds. The monoisotopic (exact) mass is 426 g/mol. The molecule has 0 aliphatic carbocycles. The molecule has 22 heavy (non-hydrogen) atoms. The van der Waals surface area contributed by atoms with E-state index in [9.17, 15) is 0 Å². The van der Waals surface area contributed by atoms with Gasteiger partial charge in [-0.2, -0.15) is 0 Å². The van der Waals surface area contributed by atoms with Crippen molar-refractivity contribution >= 4 is 29.9 Å². The molecule has 2 heterocycles. The Morgan fingerprint density at radius 1 is 1.23 bits per heavy atom. The first-order chi connectivity index (χ1) is 10.1. The van der Waals surface area contributed by atoms with Gasteiger partial charge in [-0.25, -0.2) is 0 Å². The predicted molar refractivity (Wildman–Crippen MR) is 100 cm³/mol. The van der Waals surface area contributed by atoms with Crippen molar-refractivity contribution in [2.24, 2.45) is 10.4 Å². The minimum atomic E-state index is 0. The molecular formula is C15H31IN4O2. The second kappa shape index (κ2) is 9.89. The molecular weight excluding hydrogens is 395 g/mol. The first kappa shape index (κ1) is 19.9. The van der Waals surface area contributed by atoms with Gasteiger partial charge in [-0.05, 0) is 13.8 Å². The van der Waals surface area contributed by atoms with Crippen LogP contribution in [0.5, 0.6) is 0 Å². The van der Waals surface area contributed by atoms with E-state index in [1.807, 2.05) is 0 Å². The molecule has 0 spiro atoms. The summed E-state index contributed by atoms with van der Waals surface area (Å²) < 4.78 is 10.7. The second-order valence-corrected chi connectivity index (χ2v) is 6.38. The zero-order valence-corrected chi connectivity index (χ0v) is 16.4. The van der Waals surface area contributed by atoms with Gasteiger partial charge in [-0.1, -0.05) is 6.92 Å². The van der Waals surface area contributed by atoms with Crippen molar-refractivity contribution in [3.8, 4) is 0 Å². The van der Waals surface area contributed by atoms with Crippen LogP contribution in [-0.2, 0) is 9.47 Å². The van der Waals surface area contributed by atoms with Crippen LogP contribution in [0.4, 0.5) is 0 Å². The van der Waals surface area contributed by atoms with Crippen LogP contribution in [-0.4, -0.2) is 76.1 Å². The SMILES string of the molecule is CCNC(=NCC1(C)COC1)NCC(C)N1CCOCC1.I. The van der Waals surface area contributed by atoms with Gasteiger partial charge in [-0.15, -0.1) is 24.0 Å². The maximum Gasteiger partial charge on any atom is 0.191 e. The standard InChI is InChI=1S/C15H30N4O2.HI/c1-4-16-14(18-10-15(3)11-21-12-15)17-9-13(2)19-5-7-20-8-6-19;/h13H,4-12H2,1-3H3,(H2,16,17,18);1H. The van der Waals surface area contributed by atoms with Crippen molar-refractivity contribution < 1.29 is 9.47 Å². The lowest BCUT2D eigenvalue weighted by Crippen LogP contribution is -2.50. The van der Waals surface area contributed by atoms with Gasteiger partial charge in [0, 0.05) is 37.6 Å². The van der Waals surface area contributed by atoms with Crippen molar-refractivity contribution in [2.75, 3.05) is 59.2 Å². The summed E-state index contributed by atoms with van der Waals surface area (Å²) in [6, 6.07) is 0.486. The molecule has 0 radical (unpaired) electrons. The summed E-state index contributed by atoms with van der Waals surface area (Å²) in [5, 5.41) is 6.77. The highest BCUT2D eigenvalue weighted by Crippen LogP contribution is 2.26. The second-order valence-electron chi connectivity index (χ2n) is 6.38. The van der Waals surface area contributed by atoms with Gasteiger partial charge < -0.3 is 20.1 Å². The zero-order chi connectivity index (χ0) is 15.1. The van der Waals surface area contributed by atoms with E-state index in [4.69, 9.17) is 14.5 Å². The number of halogens is 1. The van der Waals surface area contributed by atoms with Crippen LogP contribution in [0.25, 0.3) is 0 Å². The van der Waals surface area contributed by atoms with E-state index in [1.165, 1.54) is 0 Å². The lowest BCUT2D eigenvalue weighted by atomic mass is 9.89. The Labute approximate surface area is 151 Å². The van der Waals surface area contributed by atoms with E-state index in [1.54, 1.807) is 0 Å². The Morgan fingerprint density at radius 3 is 2.45 bits per heavy atom. The Morgan fingerprint density at radius 2 is 1.91 bits per heavy atom. The Balaban J connectivity index is 0.00000242. The molecule has 0 aromatic heterocycles. The first-order valence-corrected chi connectivity index (χ1v) is 8.05. The largest absolute Gasteiger partial charge is 0.380 e. The molecule has 2 fully saturated rings. The molecule has 2 saturated heterocycles. The molecule has 2 N–H and O–H groups in total. The van der Waals surface area contributed by atoms with Gasteiger partial charge in [-0.3, -0.25) is 9.89 Å². The van der Waals surface area contributed by atoms with Crippen LogP contribution in [0.15, 0.2) is 4.99 Å². The van der Waals surface area contributed by atoms with Gasteiger partial charge in [0.2, 0.25) is 0 Å². The number of nitrogens with zero attached hydrogens (tertiary/aromatic N) is 2. The zero-order valence-electron chi connectivity index (χ0n) is 14.1. The Bertz CT molecular complexity index is 344. The predicted octanol–water partition coefficient (Wildman–Crippen LogP) is 0.917. The maximum absolute atomic E-state index is 5.40. The van der Waals surface area contributed by atoms with Gasteiger partial charge >= 0.3 is 0 Å². The topological polar surface area (TPSA) is 58.1 Å². The quantitative estimate of drug-likeness (QED) is 0.376. The average molecular weight is 426 g/mol. The van der Waals surface area contributed by atoms with Crippen molar-refractivity contribution in [3.63, 3.8) is 0 Å². The van der Waals surface area contributed by atoms with Crippen molar-refractivity contribution in [1.82, 2.24) is 15.5 Å². The van der Waals surface area contributed by atoms with Crippen LogP contribution < -0.4 is 10.6 Å². The lowest BCUT2D eigenvalue weighted by molar-refractivity contribution is -0.0945. The third-order valence-electron chi connectivity index (χ3n) is 4.10. The number of hydrogen-bond acceptors (Lipinski definition) is 4. The number of rotatable bonds is 6. The van der Waals surface area contributed by atoms with E-state index < -0.39 is 0 Å². The number of aliphatic imine (C=N–C) groups is 1. The molecule has 2 aliphatic rings. The molecule has 7 heteroatoms. The van der Waals surface area contributed by atoms with Crippen molar-refractivity contribution in [1.29, 1.82) is 0 Å². The summed E-state index contributed by atoms with van der Waals surface area (Å²) in [5.41, 5.74) is 0.220. The Hall–Kier alpha value is -0.120. The molecule has 0 saturated carbocycles. The summed E-state index contributed by atoms with van der Waals surface area (Å²) in [6.45, 7) is 14.5. The van der Waals surface area contributed by atoms with Crippen LogP contribution in [0.2, 0.25) is 0 Å². The van der Waals surface area contributed by atoms with Crippen molar-refractivity contribution in [2.45, 2.75) is 26.8 Å². The molecule has 2 rings (SSSR count). The summed E-state index contributed by atoms with van der Waals surface area (Å²) in [7, 11) is 0. The highest BCUT2D eigenvalue weighted by Gasteiger charge is 2.33. The molecule has 0 aromatic rings. The van der Waals surface area contributed by atoms with Crippen LogP contribution in [0.3, 0.4) is 0 Å². The molecule has 2 aliphatic heterocycles. The van der Waals surface area contributed by atoms with Gasteiger partial charge in [0.1, 0.15) is 0 Å². The fourth-order valence-corrected chi connectivity index (χ4v) is 2.55. The van der Waals surface area contributed by atoms with E-state index >= 15 is 0 Å². The van der Waals surface area contributed by atoms with Crippen LogP contribution in [0, 0.1) is 5.41 Å². The van der Waals surface area contributed by atoms with Crippen LogP contribution >= 0.6 is 24.0 Å². The normalized spacial score (nSPS) is 23.1. The highest BCUT2D eigenvalue weighted by atomic mass is 127. The molecule has 1 atom stereocenters. The van der Waals surface area contributed by atoms with E-state index in [-0.39, 0.29) is 29.4 Å². The van der Waals surface area contributed by atoms with E-state index in [2.05, 4.69) is 36.3 Å². The molecule has 130 valence electrons. The summed E-state index contributed by atoms with van der Waals surface area (Å²) in [5.74, 6) is 0.908. The number of hydrogen-bond donors (Lipinski definition) is 2. The molecule has 0 aromatic carbocycles. The highest BCUT2D eigenvalue weighted by molar-refractivity contribution is 14.0. The number of morpholine rings is 1. The number of ether oxygens (including phenoxy) is 2. The third kappa shape index (κ3) is 6.17. The van der Waals surface area contributed by atoms with Gasteiger partial charge in [0.15, 0.2) is 5.96 Å². The summed E-state index contributed by atoms with van der Waals surface area (Å²) >= 11 is 0. The fraction of sp³-hybridized carbons (Fsp3) is 0.933. The summed E-state index contributed by atoms with van der Waals surface area (Å²) in [4.78, 5) is 7.16. The molecule has 6 nitrogen and oxygen atoms in total.